The third-order valence-corrected chi connectivity index (χ3v) is 5.47. The fourth-order valence-corrected chi connectivity index (χ4v) is 3.77. The number of anilines is 3. The van der Waals surface area contributed by atoms with Crippen LogP contribution in [0.3, 0.4) is 0 Å². The molecule has 2 atom stereocenters. The molecule has 29 heavy (non-hydrogen) atoms. The third kappa shape index (κ3) is 3.43. The number of benzene rings is 1. The molecule has 152 valence electrons. The number of rotatable bonds is 4. The van der Waals surface area contributed by atoms with Crippen molar-refractivity contribution in [3.63, 3.8) is 0 Å². The van der Waals surface area contributed by atoms with Crippen LogP contribution in [-0.4, -0.2) is 41.2 Å². The zero-order valence-electron chi connectivity index (χ0n) is 16.6. The Balaban J connectivity index is 1.48. The van der Waals surface area contributed by atoms with E-state index in [0.717, 1.165) is 11.3 Å². The van der Waals surface area contributed by atoms with Crippen molar-refractivity contribution in [2.45, 2.75) is 19.8 Å². The third-order valence-electron chi connectivity index (χ3n) is 5.47. The second-order valence-electron chi connectivity index (χ2n) is 7.49. The van der Waals surface area contributed by atoms with Gasteiger partial charge in [-0.25, -0.2) is 0 Å². The summed E-state index contributed by atoms with van der Waals surface area (Å²) in [5.74, 6) is 0.671. The van der Waals surface area contributed by atoms with Crippen LogP contribution in [0, 0.1) is 11.8 Å². The molecule has 0 saturated carbocycles. The number of amides is 3. The van der Waals surface area contributed by atoms with Crippen LogP contribution in [0.25, 0.3) is 0 Å². The van der Waals surface area contributed by atoms with E-state index >= 15 is 0 Å². The Bertz CT molecular complexity index is 982. The minimum absolute atomic E-state index is 0.0603. The molecular weight excluding hydrogens is 374 g/mol. The van der Waals surface area contributed by atoms with Crippen LogP contribution in [0.1, 0.15) is 18.9 Å². The first-order chi connectivity index (χ1) is 13.9. The Labute approximate surface area is 168 Å². The first-order valence-corrected chi connectivity index (χ1v) is 9.49. The lowest BCUT2D eigenvalue weighted by Crippen LogP contribution is -2.30. The fraction of sp³-hybridized carbons (Fsp3) is 0.400. The van der Waals surface area contributed by atoms with Crippen molar-refractivity contribution in [1.29, 1.82) is 0 Å². The number of carbonyl (C=O) groups is 3. The van der Waals surface area contributed by atoms with E-state index in [-0.39, 0.29) is 30.1 Å². The Morgan fingerprint density at radius 1 is 1.24 bits per heavy atom. The molecule has 0 bridgehead atoms. The van der Waals surface area contributed by atoms with Crippen molar-refractivity contribution in [1.82, 2.24) is 9.78 Å². The van der Waals surface area contributed by atoms with Crippen molar-refractivity contribution < 1.29 is 19.1 Å². The summed E-state index contributed by atoms with van der Waals surface area (Å²) in [6.45, 7) is 2.14. The minimum atomic E-state index is -0.474. The molecule has 9 heteroatoms. The smallest absolute Gasteiger partial charge is 0.231 e. The molecule has 4 rings (SSSR count). The Kier molecular flexibility index (Phi) is 4.73. The highest BCUT2D eigenvalue weighted by Gasteiger charge is 2.36. The molecule has 2 aliphatic rings. The maximum Gasteiger partial charge on any atom is 0.231 e. The monoisotopic (exact) mass is 397 g/mol. The van der Waals surface area contributed by atoms with Crippen molar-refractivity contribution in [3.05, 3.63) is 29.8 Å². The topological polar surface area (TPSA) is 106 Å². The molecule has 3 amide bonds. The van der Waals surface area contributed by atoms with Gasteiger partial charge >= 0.3 is 0 Å². The highest BCUT2D eigenvalue weighted by Crippen LogP contribution is 2.32. The number of aromatic nitrogens is 2. The SMILES string of the molecule is COc1ccc(N2CC(C(=O)Nc3nn(C)c4c3CC(C)C(=O)N4)CC2=O)cc1. The van der Waals surface area contributed by atoms with Gasteiger partial charge in [-0.05, 0) is 30.7 Å². The quantitative estimate of drug-likeness (QED) is 0.814. The van der Waals surface area contributed by atoms with Gasteiger partial charge in [0.25, 0.3) is 0 Å². The number of hydrogen-bond acceptors (Lipinski definition) is 5. The van der Waals surface area contributed by atoms with E-state index in [0.29, 0.717) is 30.4 Å². The standard InChI is InChI=1S/C20H23N5O4/c1-11-8-15-17(23-24(2)18(15)22-19(11)27)21-20(28)12-9-16(26)25(10-12)13-4-6-14(29-3)7-5-13/h4-7,11-12H,8-10H2,1-3H3,(H,22,27)(H,21,23,28). The van der Waals surface area contributed by atoms with Crippen LogP contribution in [0.2, 0.25) is 0 Å². The highest BCUT2D eigenvalue weighted by molar-refractivity contribution is 6.04. The van der Waals surface area contributed by atoms with Gasteiger partial charge in [-0.3, -0.25) is 19.1 Å². The molecule has 0 radical (unpaired) electrons. The second kappa shape index (κ2) is 7.23. The molecule has 2 aromatic rings. The summed E-state index contributed by atoms with van der Waals surface area (Å²) in [5, 5.41) is 10.0. The molecule has 1 aromatic heterocycles. The normalized spacial score (nSPS) is 21.0. The number of nitrogens with one attached hydrogen (secondary N) is 2. The van der Waals surface area contributed by atoms with E-state index in [4.69, 9.17) is 4.74 Å². The molecule has 0 spiro atoms. The van der Waals surface area contributed by atoms with Gasteiger partial charge in [0.2, 0.25) is 17.7 Å². The molecule has 0 aliphatic carbocycles. The lowest BCUT2D eigenvalue weighted by atomic mass is 9.97. The Morgan fingerprint density at radius 3 is 2.66 bits per heavy atom. The first-order valence-electron chi connectivity index (χ1n) is 9.49. The van der Waals surface area contributed by atoms with Gasteiger partial charge in [0.1, 0.15) is 11.6 Å². The molecule has 1 saturated heterocycles. The minimum Gasteiger partial charge on any atom is -0.497 e. The van der Waals surface area contributed by atoms with Gasteiger partial charge in [0.05, 0.1) is 13.0 Å². The summed E-state index contributed by atoms with van der Waals surface area (Å²) in [6, 6.07) is 7.17. The number of ether oxygens (including phenoxy) is 1. The van der Waals surface area contributed by atoms with E-state index in [2.05, 4.69) is 15.7 Å². The number of carbonyl (C=O) groups excluding carboxylic acids is 3. The van der Waals surface area contributed by atoms with Crippen molar-refractivity contribution in [2.24, 2.45) is 18.9 Å². The average Bonchev–Trinajstić information content (AvgIpc) is 3.23. The number of methoxy groups -OCH3 is 1. The predicted molar refractivity (Wildman–Crippen MR) is 107 cm³/mol. The molecule has 2 N–H and O–H groups in total. The van der Waals surface area contributed by atoms with Gasteiger partial charge in [0.15, 0.2) is 5.82 Å². The lowest BCUT2D eigenvalue weighted by Gasteiger charge is -2.20. The molecular formula is C20H23N5O4. The molecule has 9 nitrogen and oxygen atoms in total. The largest absolute Gasteiger partial charge is 0.497 e. The fourth-order valence-electron chi connectivity index (χ4n) is 3.77. The molecule has 1 fully saturated rings. The van der Waals surface area contributed by atoms with Crippen LogP contribution in [0.15, 0.2) is 24.3 Å². The maximum absolute atomic E-state index is 12.8. The molecule has 2 unspecified atom stereocenters. The van der Waals surface area contributed by atoms with E-state index in [9.17, 15) is 14.4 Å². The Hall–Kier alpha value is -3.36. The summed E-state index contributed by atoms with van der Waals surface area (Å²) in [5.41, 5.74) is 1.54. The summed E-state index contributed by atoms with van der Waals surface area (Å²) >= 11 is 0. The summed E-state index contributed by atoms with van der Waals surface area (Å²) in [4.78, 5) is 38.8. The zero-order valence-corrected chi connectivity index (χ0v) is 16.6. The van der Waals surface area contributed by atoms with Crippen LogP contribution in [0.4, 0.5) is 17.3 Å². The Morgan fingerprint density at radius 2 is 1.97 bits per heavy atom. The number of nitrogens with zero attached hydrogens (tertiary/aromatic N) is 3. The summed E-state index contributed by atoms with van der Waals surface area (Å²) in [6.07, 6.45) is 0.645. The summed E-state index contributed by atoms with van der Waals surface area (Å²) in [7, 11) is 3.30. The van der Waals surface area contributed by atoms with Gasteiger partial charge in [-0.1, -0.05) is 6.92 Å². The number of fused-ring (bicyclic) bond motifs is 1. The van der Waals surface area contributed by atoms with Gasteiger partial charge in [-0.2, -0.15) is 5.10 Å². The van der Waals surface area contributed by atoms with E-state index in [1.807, 2.05) is 6.92 Å². The van der Waals surface area contributed by atoms with Gasteiger partial charge in [-0.15, -0.1) is 0 Å². The maximum atomic E-state index is 12.8. The number of hydrogen-bond donors (Lipinski definition) is 2. The average molecular weight is 397 g/mol. The van der Waals surface area contributed by atoms with Crippen molar-refractivity contribution in [3.8, 4) is 5.75 Å². The molecule has 1 aromatic carbocycles. The van der Waals surface area contributed by atoms with Crippen LogP contribution in [-0.2, 0) is 27.9 Å². The first kappa shape index (κ1) is 19.0. The van der Waals surface area contributed by atoms with Crippen LogP contribution >= 0.6 is 0 Å². The molecule has 2 aliphatic heterocycles. The van der Waals surface area contributed by atoms with Gasteiger partial charge < -0.3 is 20.3 Å². The van der Waals surface area contributed by atoms with E-state index < -0.39 is 5.92 Å². The second-order valence-corrected chi connectivity index (χ2v) is 7.49. The van der Waals surface area contributed by atoms with Gasteiger partial charge in [0, 0.05) is 37.2 Å². The van der Waals surface area contributed by atoms with Crippen LogP contribution < -0.4 is 20.3 Å². The van der Waals surface area contributed by atoms with E-state index in [1.54, 1.807) is 48.0 Å². The number of aryl methyl sites for hydroxylation is 1. The van der Waals surface area contributed by atoms with Crippen molar-refractivity contribution >= 4 is 35.0 Å². The predicted octanol–water partition coefficient (Wildman–Crippen LogP) is 1.55. The summed E-state index contributed by atoms with van der Waals surface area (Å²) < 4.78 is 6.70. The lowest BCUT2D eigenvalue weighted by molar-refractivity contribution is -0.122. The highest BCUT2D eigenvalue weighted by atomic mass is 16.5. The van der Waals surface area contributed by atoms with Crippen LogP contribution in [0.5, 0.6) is 5.75 Å². The van der Waals surface area contributed by atoms with Crippen molar-refractivity contribution in [2.75, 3.05) is 29.2 Å². The molecule has 3 heterocycles. The van der Waals surface area contributed by atoms with E-state index in [1.165, 1.54) is 0 Å². The zero-order chi connectivity index (χ0) is 20.7.